The van der Waals surface area contributed by atoms with Gasteiger partial charge in [-0.3, -0.25) is 9.78 Å². The molecule has 1 aliphatic heterocycles. The normalized spacial score (nSPS) is 18.9. The predicted molar refractivity (Wildman–Crippen MR) is 76.8 cm³/mol. The number of rotatable bonds is 3. The van der Waals surface area contributed by atoms with Crippen LogP contribution < -0.4 is 15.8 Å². The van der Waals surface area contributed by atoms with Crippen molar-refractivity contribution in [2.45, 2.75) is 18.9 Å². The van der Waals surface area contributed by atoms with Crippen LogP contribution >= 0.6 is 0 Å². The van der Waals surface area contributed by atoms with Gasteiger partial charge in [0.2, 0.25) is 0 Å². The number of aromatic nitrogens is 1. The lowest BCUT2D eigenvalue weighted by molar-refractivity contribution is 0.0990. The summed E-state index contributed by atoms with van der Waals surface area (Å²) in [4.78, 5) is 15.9. The molecule has 2 aromatic rings. The van der Waals surface area contributed by atoms with E-state index in [1.807, 2.05) is 24.3 Å². The fourth-order valence-corrected chi connectivity index (χ4v) is 2.51. The lowest BCUT2D eigenvalue weighted by Crippen LogP contribution is -2.37. The number of nitrogens with two attached hydrogens (primary N) is 1. The monoisotopic (exact) mass is 271 g/mol. The molecule has 2 heterocycles. The Bertz CT molecular complexity index is 636. The van der Waals surface area contributed by atoms with Crippen LogP contribution in [0.2, 0.25) is 0 Å². The van der Waals surface area contributed by atoms with Gasteiger partial charge in [-0.25, -0.2) is 0 Å². The van der Waals surface area contributed by atoms with E-state index < -0.39 is 5.91 Å². The summed E-state index contributed by atoms with van der Waals surface area (Å²) in [5.41, 5.74) is 6.58. The highest BCUT2D eigenvalue weighted by Gasteiger charge is 2.20. The summed E-state index contributed by atoms with van der Waals surface area (Å²) in [6, 6.07) is 7.61. The van der Waals surface area contributed by atoms with Gasteiger partial charge < -0.3 is 15.8 Å². The molecule has 0 saturated carbocycles. The molecule has 0 radical (unpaired) electrons. The van der Waals surface area contributed by atoms with E-state index in [0.717, 1.165) is 36.8 Å². The van der Waals surface area contributed by atoms with Crippen LogP contribution in [0.5, 0.6) is 5.75 Å². The molecule has 1 amide bonds. The van der Waals surface area contributed by atoms with Crippen LogP contribution in [-0.2, 0) is 0 Å². The molecule has 0 bridgehead atoms. The van der Waals surface area contributed by atoms with Crippen molar-refractivity contribution in [2.24, 2.45) is 5.73 Å². The number of pyridine rings is 1. The average molecular weight is 271 g/mol. The molecule has 1 saturated heterocycles. The van der Waals surface area contributed by atoms with Crippen molar-refractivity contribution in [3.05, 3.63) is 36.0 Å². The highest BCUT2D eigenvalue weighted by atomic mass is 16.5. The van der Waals surface area contributed by atoms with Crippen LogP contribution in [-0.4, -0.2) is 30.1 Å². The zero-order chi connectivity index (χ0) is 13.9. The van der Waals surface area contributed by atoms with Crippen LogP contribution in [0.4, 0.5) is 0 Å². The fourth-order valence-electron chi connectivity index (χ4n) is 2.51. The molecule has 20 heavy (non-hydrogen) atoms. The summed E-state index contributed by atoms with van der Waals surface area (Å²) in [5, 5.41) is 4.12. The molecule has 3 rings (SSSR count). The fraction of sp³-hybridized carbons (Fsp3) is 0.333. The van der Waals surface area contributed by atoms with Gasteiger partial charge in [-0.1, -0.05) is 12.1 Å². The molecule has 5 nitrogen and oxygen atoms in total. The number of para-hydroxylation sites is 1. The Balaban J connectivity index is 2.04. The predicted octanol–water partition coefficient (Wildman–Crippen LogP) is 1.46. The van der Waals surface area contributed by atoms with E-state index in [0.29, 0.717) is 11.3 Å². The van der Waals surface area contributed by atoms with Crippen LogP contribution in [0.25, 0.3) is 10.9 Å². The van der Waals surface area contributed by atoms with Gasteiger partial charge in [0.1, 0.15) is 17.4 Å². The van der Waals surface area contributed by atoms with Gasteiger partial charge in [0.05, 0.1) is 5.52 Å². The zero-order valence-corrected chi connectivity index (χ0v) is 11.1. The van der Waals surface area contributed by atoms with Crippen LogP contribution in [0.15, 0.2) is 30.5 Å². The average Bonchev–Trinajstić information content (AvgIpc) is 2.48. The summed E-state index contributed by atoms with van der Waals surface area (Å²) in [6.07, 6.45) is 3.60. The summed E-state index contributed by atoms with van der Waals surface area (Å²) in [7, 11) is 0. The third kappa shape index (κ3) is 2.44. The Kier molecular flexibility index (Phi) is 3.52. The second-order valence-corrected chi connectivity index (χ2v) is 4.97. The molecular formula is C15H17N3O2. The summed E-state index contributed by atoms with van der Waals surface area (Å²) in [5.74, 6) is 0.0406. The van der Waals surface area contributed by atoms with Crippen molar-refractivity contribution in [3.63, 3.8) is 0 Å². The van der Waals surface area contributed by atoms with E-state index in [4.69, 9.17) is 10.5 Å². The number of ether oxygens (including phenoxy) is 1. The summed E-state index contributed by atoms with van der Waals surface area (Å²) >= 11 is 0. The molecule has 1 aliphatic rings. The van der Waals surface area contributed by atoms with Gasteiger partial charge in [0.15, 0.2) is 0 Å². The first-order valence-electron chi connectivity index (χ1n) is 6.80. The van der Waals surface area contributed by atoms with Gasteiger partial charge in [0, 0.05) is 18.1 Å². The number of piperidine rings is 1. The number of amides is 1. The maximum absolute atomic E-state index is 11.6. The smallest absolute Gasteiger partial charge is 0.254 e. The van der Waals surface area contributed by atoms with Crippen molar-refractivity contribution >= 4 is 16.8 Å². The van der Waals surface area contributed by atoms with Crippen LogP contribution in [0.3, 0.4) is 0 Å². The quantitative estimate of drug-likeness (QED) is 0.886. The topological polar surface area (TPSA) is 77.2 Å². The molecule has 1 unspecified atom stereocenters. The standard InChI is InChI=1S/C15H17N3O2/c16-15(19)12-9-18-13-6-2-1-5-11(13)14(12)20-10-4-3-7-17-8-10/h1-2,5-6,9-10,17H,3-4,7-8H2,(H2,16,19). The van der Waals surface area contributed by atoms with E-state index >= 15 is 0 Å². The van der Waals surface area contributed by atoms with E-state index in [1.54, 1.807) is 0 Å². The van der Waals surface area contributed by atoms with E-state index in [2.05, 4.69) is 10.3 Å². The Hall–Kier alpha value is -2.14. The zero-order valence-electron chi connectivity index (χ0n) is 11.1. The summed E-state index contributed by atoms with van der Waals surface area (Å²) in [6.45, 7) is 1.80. The van der Waals surface area contributed by atoms with E-state index in [1.165, 1.54) is 6.20 Å². The molecule has 1 aromatic carbocycles. The first-order chi connectivity index (χ1) is 9.75. The Morgan fingerprint density at radius 2 is 2.25 bits per heavy atom. The number of hydrogen-bond acceptors (Lipinski definition) is 4. The molecular weight excluding hydrogens is 254 g/mol. The maximum Gasteiger partial charge on any atom is 0.254 e. The highest BCUT2D eigenvalue weighted by Crippen LogP contribution is 2.29. The van der Waals surface area contributed by atoms with Gasteiger partial charge in [-0.05, 0) is 31.5 Å². The van der Waals surface area contributed by atoms with Crippen molar-refractivity contribution in [1.82, 2.24) is 10.3 Å². The van der Waals surface area contributed by atoms with E-state index in [-0.39, 0.29) is 6.10 Å². The molecule has 1 aromatic heterocycles. The number of nitrogens with one attached hydrogen (secondary N) is 1. The second kappa shape index (κ2) is 5.46. The van der Waals surface area contributed by atoms with Gasteiger partial charge in [0.25, 0.3) is 5.91 Å². The first-order valence-corrected chi connectivity index (χ1v) is 6.80. The van der Waals surface area contributed by atoms with Crippen LogP contribution in [0, 0.1) is 0 Å². The molecule has 1 atom stereocenters. The first kappa shape index (κ1) is 12.9. The largest absolute Gasteiger partial charge is 0.487 e. The molecule has 0 aliphatic carbocycles. The molecule has 0 spiro atoms. The number of fused-ring (bicyclic) bond motifs is 1. The minimum Gasteiger partial charge on any atom is -0.487 e. The third-order valence-electron chi connectivity index (χ3n) is 3.53. The minimum absolute atomic E-state index is 0.0626. The van der Waals surface area contributed by atoms with Crippen molar-refractivity contribution in [1.29, 1.82) is 0 Å². The lowest BCUT2D eigenvalue weighted by Gasteiger charge is -2.25. The number of hydrogen-bond donors (Lipinski definition) is 2. The minimum atomic E-state index is -0.512. The molecule has 1 fully saturated rings. The lowest BCUT2D eigenvalue weighted by atomic mass is 10.1. The molecule has 104 valence electrons. The number of carbonyl (C=O) groups is 1. The third-order valence-corrected chi connectivity index (χ3v) is 3.53. The summed E-state index contributed by atoms with van der Waals surface area (Å²) < 4.78 is 6.06. The van der Waals surface area contributed by atoms with Crippen LogP contribution in [0.1, 0.15) is 23.2 Å². The second-order valence-electron chi connectivity index (χ2n) is 4.97. The van der Waals surface area contributed by atoms with Gasteiger partial charge in [-0.2, -0.15) is 0 Å². The Labute approximate surface area is 117 Å². The Morgan fingerprint density at radius 3 is 3.00 bits per heavy atom. The number of carbonyl (C=O) groups excluding carboxylic acids is 1. The van der Waals surface area contributed by atoms with Gasteiger partial charge >= 0.3 is 0 Å². The van der Waals surface area contributed by atoms with Crippen molar-refractivity contribution in [3.8, 4) is 5.75 Å². The number of primary amides is 1. The number of nitrogens with zero attached hydrogens (tertiary/aromatic N) is 1. The molecule has 3 N–H and O–H groups in total. The SMILES string of the molecule is NC(=O)c1cnc2ccccc2c1OC1CCCNC1. The van der Waals surface area contributed by atoms with Gasteiger partial charge in [-0.15, -0.1) is 0 Å². The maximum atomic E-state index is 11.6. The van der Waals surface area contributed by atoms with E-state index in [9.17, 15) is 4.79 Å². The number of benzene rings is 1. The Morgan fingerprint density at radius 1 is 1.40 bits per heavy atom. The highest BCUT2D eigenvalue weighted by molar-refractivity contribution is 6.01. The van der Waals surface area contributed by atoms with Crippen molar-refractivity contribution in [2.75, 3.05) is 13.1 Å². The van der Waals surface area contributed by atoms with Crippen molar-refractivity contribution < 1.29 is 9.53 Å². The molecule has 5 heteroatoms.